The second kappa shape index (κ2) is 7.18. The third kappa shape index (κ3) is 4.14. The van der Waals surface area contributed by atoms with Gasteiger partial charge < -0.3 is 15.5 Å². The molecule has 0 spiro atoms. The van der Waals surface area contributed by atoms with Crippen molar-refractivity contribution in [2.24, 2.45) is 0 Å². The van der Waals surface area contributed by atoms with Gasteiger partial charge in [-0.25, -0.2) is 0 Å². The first-order chi connectivity index (χ1) is 11.6. The Hall–Kier alpha value is -2.80. The van der Waals surface area contributed by atoms with Gasteiger partial charge in [0.15, 0.2) is 0 Å². The van der Waals surface area contributed by atoms with Crippen LogP contribution in [0.2, 0.25) is 0 Å². The van der Waals surface area contributed by atoms with Crippen molar-refractivity contribution < 1.29 is 9.21 Å². The van der Waals surface area contributed by atoms with Crippen LogP contribution < -0.4 is 11.1 Å². The number of hydrogen-bond donors (Lipinski definition) is 2. The number of nitrogens with two attached hydrogens (primary N) is 1. The summed E-state index contributed by atoms with van der Waals surface area (Å²) in [5.41, 5.74) is 9.00. The fraction of sp³-hybridized carbons (Fsp3) is 0.118. The van der Waals surface area contributed by atoms with Crippen molar-refractivity contribution in [2.45, 2.75) is 12.1 Å². The van der Waals surface area contributed by atoms with Crippen LogP contribution in [0, 0.1) is 6.92 Å². The lowest BCUT2D eigenvalue weighted by atomic mass is 10.2. The molecule has 3 rings (SSSR count). The van der Waals surface area contributed by atoms with Crippen molar-refractivity contribution in [3.63, 3.8) is 0 Å². The van der Waals surface area contributed by atoms with Gasteiger partial charge in [0, 0.05) is 16.9 Å². The zero-order chi connectivity index (χ0) is 16.9. The molecule has 0 saturated carbocycles. The molecule has 3 N–H and O–H groups in total. The lowest BCUT2D eigenvalue weighted by Crippen LogP contribution is -2.13. The second-order valence-corrected chi connectivity index (χ2v) is 6.12. The Morgan fingerprint density at radius 2 is 1.83 bits per heavy atom. The average molecular weight is 340 g/mol. The summed E-state index contributed by atoms with van der Waals surface area (Å²) < 4.78 is 5.55. The van der Waals surface area contributed by atoms with Crippen molar-refractivity contribution in [1.82, 2.24) is 10.2 Å². The number of rotatable bonds is 5. The summed E-state index contributed by atoms with van der Waals surface area (Å²) in [7, 11) is 0. The number of amides is 1. The van der Waals surface area contributed by atoms with Crippen LogP contribution in [0.1, 0.15) is 5.56 Å². The predicted octanol–water partition coefficient (Wildman–Crippen LogP) is 3.36. The largest absolute Gasteiger partial charge is 0.411 e. The van der Waals surface area contributed by atoms with E-state index >= 15 is 0 Å². The maximum absolute atomic E-state index is 11.9. The summed E-state index contributed by atoms with van der Waals surface area (Å²) in [5.74, 6) is 0.463. The number of aromatic nitrogens is 2. The molecule has 0 saturated heterocycles. The summed E-state index contributed by atoms with van der Waals surface area (Å²) in [4.78, 5) is 11.9. The van der Waals surface area contributed by atoms with Crippen LogP contribution in [0.15, 0.2) is 58.2 Å². The van der Waals surface area contributed by atoms with E-state index in [9.17, 15) is 4.79 Å². The number of anilines is 2. The monoisotopic (exact) mass is 340 g/mol. The van der Waals surface area contributed by atoms with Crippen LogP contribution in [0.25, 0.3) is 11.5 Å². The van der Waals surface area contributed by atoms with Crippen molar-refractivity contribution >= 4 is 29.0 Å². The van der Waals surface area contributed by atoms with E-state index < -0.39 is 0 Å². The molecule has 0 bridgehead atoms. The second-order valence-electron chi connectivity index (χ2n) is 5.20. The molecule has 0 aliphatic heterocycles. The molecule has 0 unspecified atom stereocenters. The zero-order valence-electron chi connectivity index (χ0n) is 13.0. The molecular weight excluding hydrogens is 324 g/mol. The molecule has 0 aliphatic rings. The maximum atomic E-state index is 11.9. The van der Waals surface area contributed by atoms with Gasteiger partial charge in [0.25, 0.3) is 5.22 Å². The highest BCUT2D eigenvalue weighted by Gasteiger charge is 2.11. The number of thioether (sulfide) groups is 1. The average Bonchev–Trinajstić information content (AvgIpc) is 3.05. The zero-order valence-corrected chi connectivity index (χ0v) is 13.8. The molecule has 24 heavy (non-hydrogen) atoms. The van der Waals surface area contributed by atoms with E-state index in [1.807, 2.05) is 31.2 Å². The fourth-order valence-electron chi connectivity index (χ4n) is 1.97. The standard InChI is InChI=1S/C17H16N4O2S/c1-11-2-8-14(9-3-11)19-15(22)10-24-17-21-20-16(23-17)12-4-6-13(18)7-5-12/h2-9H,10,18H2,1H3,(H,19,22). The Morgan fingerprint density at radius 3 is 2.54 bits per heavy atom. The summed E-state index contributed by atoms with van der Waals surface area (Å²) in [6, 6.07) is 14.8. The van der Waals surface area contributed by atoms with Gasteiger partial charge in [-0.3, -0.25) is 4.79 Å². The minimum atomic E-state index is -0.129. The van der Waals surface area contributed by atoms with Gasteiger partial charge in [0.1, 0.15) is 0 Å². The van der Waals surface area contributed by atoms with Crippen molar-refractivity contribution in [2.75, 3.05) is 16.8 Å². The minimum Gasteiger partial charge on any atom is -0.411 e. The molecule has 1 aromatic heterocycles. The Bertz CT molecular complexity index is 829. The number of nitrogens with one attached hydrogen (secondary N) is 1. The Labute approximate surface area is 143 Å². The Morgan fingerprint density at radius 1 is 1.12 bits per heavy atom. The van der Waals surface area contributed by atoms with E-state index in [4.69, 9.17) is 10.2 Å². The topological polar surface area (TPSA) is 94.0 Å². The van der Waals surface area contributed by atoms with E-state index in [1.54, 1.807) is 24.3 Å². The van der Waals surface area contributed by atoms with Crippen LogP contribution >= 0.6 is 11.8 Å². The first kappa shape index (κ1) is 16.1. The molecular formula is C17H16N4O2S. The lowest BCUT2D eigenvalue weighted by Gasteiger charge is -2.04. The van der Waals surface area contributed by atoms with Gasteiger partial charge in [-0.1, -0.05) is 29.5 Å². The number of nitrogens with zero attached hydrogens (tertiary/aromatic N) is 2. The van der Waals surface area contributed by atoms with Crippen LogP contribution in [0.5, 0.6) is 0 Å². The van der Waals surface area contributed by atoms with Crippen LogP contribution in [0.3, 0.4) is 0 Å². The Kier molecular flexibility index (Phi) is 4.81. The predicted molar refractivity (Wildman–Crippen MR) is 94.7 cm³/mol. The molecule has 2 aromatic carbocycles. The maximum Gasteiger partial charge on any atom is 0.277 e. The van der Waals surface area contributed by atoms with Gasteiger partial charge in [-0.2, -0.15) is 0 Å². The molecule has 7 heteroatoms. The summed E-state index contributed by atoms with van der Waals surface area (Å²) >= 11 is 1.19. The third-order valence-corrected chi connectivity index (χ3v) is 4.04. The molecule has 6 nitrogen and oxygen atoms in total. The molecule has 0 aliphatic carbocycles. The quantitative estimate of drug-likeness (QED) is 0.546. The highest BCUT2D eigenvalue weighted by molar-refractivity contribution is 7.99. The summed E-state index contributed by atoms with van der Waals surface area (Å²) in [6.07, 6.45) is 0. The number of benzene rings is 2. The van der Waals surface area contributed by atoms with E-state index in [0.29, 0.717) is 16.8 Å². The van der Waals surface area contributed by atoms with Gasteiger partial charge in [0.2, 0.25) is 11.8 Å². The first-order valence-corrected chi connectivity index (χ1v) is 8.27. The number of hydrogen-bond acceptors (Lipinski definition) is 6. The summed E-state index contributed by atoms with van der Waals surface area (Å²) in [6.45, 7) is 2.00. The Balaban J connectivity index is 1.56. The molecule has 0 atom stereocenters. The van der Waals surface area contributed by atoms with Crippen molar-refractivity contribution in [1.29, 1.82) is 0 Å². The molecule has 122 valence electrons. The fourth-order valence-corrected chi connectivity index (χ4v) is 2.53. The number of aryl methyl sites for hydroxylation is 1. The van der Waals surface area contributed by atoms with E-state index in [1.165, 1.54) is 11.8 Å². The third-order valence-electron chi connectivity index (χ3n) is 3.23. The summed E-state index contributed by atoms with van der Waals surface area (Å²) in [5, 5.41) is 11.1. The lowest BCUT2D eigenvalue weighted by molar-refractivity contribution is -0.113. The van der Waals surface area contributed by atoms with E-state index in [-0.39, 0.29) is 11.7 Å². The minimum absolute atomic E-state index is 0.129. The molecule has 3 aromatic rings. The smallest absolute Gasteiger partial charge is 0.277 e. The molecule has 0 fully saturated rings. The number of nitrogen functional groups attached to an aromatic ring is 1. The van der Waals surface area contributed by atoms with E-state index in [0.717, 1.165) is 16.8 Å². The van der Waals surface area contributed by atoms with Crippen LogP contribution in [0.4, 0.5) is 11.4 Å². The van der Waals surface area contributed by atoms with Crippen LogP contribution in [-0.4, -0.2) is 21.9 Å². The van der Waals surface area contributed by atoms with Gasteiger partial charge in [-0.15, -0.1) is 10.2 Å². The van der Waals surface area contributed by atoms with Gasteiger partial charge in [0.05, 0.1) is 5.75 Å². The SMILES string of the molecule is Cc1ccc(NC(=O)CSc2nnc(-c3ccc(N)cc3)o2)cc1. The normalized spacial score (nSPS) is 10.5. The first-order valence-electron chi connectivity index (χ1n) is 7.29. The van der Waals surface area contributed by atoms with E-state index in [2.05, 4.69) is 15.5 Å². The highest BCUT2D eigenvalue weighted by atomic mass is 32.2. The van der Waals surface area contributed by atoms with Crippen molar-refractivity contribution in [3.8, 4) is 11.5 Å². The molecule has 1 amide bonds. The van der Waals surface area contributed by atoms with Gasteiger partial charge in [-0.05, 0) is 43.3 Å². The van der Waals surface area contributed by atoms with Gasteiger partial charge >= 0.3 is 0 Å². The highest BCUT2D eigenvalue weighted by Crippen LogP contribution is 2.24. The molecule has 0 radical (unpaired) electrons. The number of carbonyl (C=O) groups is 1. The van der Waals surface area contributed by atoms with Crippen LogP contribution in [-0.2, 0) is 4.79 Å². The molecule has 1 heterocycles. The van der Waals surface area contributed by atoms with Crippen molar-refractivity contribution in [3.05, 3.63) is 54.1 Å². The number of carbonyl (C=O) groups excluding carboxylic acids is 1.